The van der Waals surface area contributed by atoms with Crippen molar-refractivity contribution in [1.29, 1.82) is 0 Å². The van der Waals surface area contributed by atoms with E-state index in [2.05, 4.69) is 5.10 Å². The monoisotopic (exact) mass is 322 g/mol. The van der Waals surface area contributed by atoms with Crippen LogP contribution in [-0.2, 0) is 0 Å². The minimum absolute atomic E-state index is 0.560. The molecule has 0 atom stereocenters. The summed E-state index contributed by atoms with van der Waals surface area (Å²) >= 11 is 0. The molecule has 3 aromatic rings. The molecule has 120 valence electrons. The number of aromatic carboxylic acids is 1. The number of nitrogens with zero attached hydrogens (tertiary/aromatic N) is 2. The van der Waals surface area contributed by atoms with Crippen LogP contribution in [0.1, 0.15) is 16.1 Å². The fraction of sp³-hybridized carbons (Fsp3) is 0.0556. The molecule has 0 bridgehead atoms. The van der Waals surface area contributed by atoms with Crippen molar-refractivity contribution in [1.82, 2.24) is 9.78 Å². The lowest BCUT2D eigenvalue weighted by molar-refractivity contribution is 0.0686. The van der Waals surface area contributed by atoms with Crippen molar-refractivity contribution in [2.24, 2.45) is 0 Å². The smallest absolute Gasteiger partial charge is 0.360 e. The molecule has 0 aliphatic rings. The fourth-order valence-corrected chi connectivity index (χ4v) is 2.52. The van der Waals surface area contributed by atoms with Gasteiger partial charge in [0, 0.05) is 5.56 Å². The van der Waals surface area contributed by atoms with E-state index in [4.69, 9.17) is 5.11 Å². The Morgan fingerprint density at radius 2 is 1.67 bits per heavy atom. The molecule has 0 aliphatic heterocycles. The van der Waals surface area contributed by atoms with Gasteiger partial charge in [0.15, 0.2) is 5.75 Å². The molecule has 0 aliphatic carbocycles. The summed E-state index contributed by atoms with van der Waals surface area (Å²) in [6.07, 6.45) is 1.12. The molecule has 24 heavy (non-hydrogen) atoms. The van der Waals surface area contributed by atoms with Crippen molar-refractivity contribution >= 4 is 5.97 Å². The van der Waals surface area contributed by atoms with Crippen LogP contribution in [0.4, 0.5) is 0 Å². The molecule has 3 rings (SSSR count). The van der Waals surface area contributed by atoms with Gasteiger partial charge in [0.05, 0.1) is 11.9 Å². The highest BCUT2D eigenvalue weighted by atomic mass is 16.4. The van der Waals surface area contributed by atoms with Gasteiger partial charge >= 0.3 is 5.97 Å². The van der Waals surface area contributed by atoms with E-state index in [0.717, 1.165) is 22.9 Å². The SMILES string of the molecule is Cc1ccccc1-c1ccccc1-n1cc(O)c(=O)c(C(=O)O)n1. The zero-order valence-corrected chi connectivity index (χ0v) is 12.8. The van der Waals surface area contributed by atoms with Crippen LogP contribution in [0.25, 0.3) is 16.8 Å². The molecular formula is C18H14N2O4. The number of carboxylic acid groups (broad SMARTS) is 1. The van der Waals surface area contributed by atoms with Crippen molar-refractivity contribution in [2.75, 3.05) is 0 Å². The molecule has 6 heteroatoms. The first kappa shape index (κ1) is 15.5. The van der Waals surface area contributed by atoms with E-state index >= 15 is 0 Å². The number of aromatic hydroxyl groups is 1. The summed E-state index contributed by atoms with van der Waals surface area (Å²) in [5.41, 5.74) is 1.62. The van der Waals surface area contributed by atoms with Crippen LogP contribution in [-0.4, -0.2) is 26.0 Å². The highest BCUT2D eigenvalue weighted by Gasteiger charge is 2.17. The summed E-state index contributed by atoms with van der Waals surface area (Å²) in [5, 5.41) is 22.7. The highest BCUT2D eigenvalue weighted by Crippen LogP contribution is 2.29. The topological polar surface area (TPSA) is 92.4 Å². The number of hydrogen-bond donors (Lipinski definition) is 2. The number of benzene rings is 2. The molecule has 0 amide bonds. The van der Waals surface area contributed by atoms with Gasteiger partial charge in [0.2, 0.25) is 5.69 Å². The van der Waals surface area contributed by atoms with E-state index in [-0.39, 0.29) is 0 Å². The van der Waals surface area contributed by atoms with Gasteiger partial charge in [-0.2, -0.15) is 5.10 Å². The summed E-state index contributed by atoms with van der Waals surface area (Å²) in [6, 6.07) is 15.0. The minimum atomic E-state index is -1.49. The Labute approximate surface area is 137 Å². The van der Waals surface area contributed by atoms with Crippen molar-refractivity contribution in [3.8, 4) is 22.6 Å². The average molecular weight is 322 g/mol. The number of carbonyl (C=O) groups is 1. The maximum Gasteiger partial charge on any atom is 0.360 e. The second-order valence-corrected chi connectivity index (χ2v) is 5.27. The maximum atomic E-state index is 11.7. The summed E-state index contributed by atoms with van der Waals surface area (Å²) < 4.78 is 1.21. The van der Waals surface area contributed by atoms with Crippen LogP contribution < -0.4 is 5.43 Å². The Balaban J connectivity index is 2.28. The zero-order chi connectivity index (χ0) is 17.3. The van der Waals surface area contributed by atoms with Gasteiger partial charge < -0.3 is 10.2 Å². The van der Waals surface area contributed by atoms with E-state index in [9.17, 15) is 14.7 Å². The van der Waals surface area contributed by atoms with Crippen LogP contribution >= 0.6 is 0 Å². The summed E-state index contributed by atoms with van der Waals surface area (Å²) in [7, 11) is 0. The predicted octanol–water partition coefficient (Wildman–Crippen LogP) is 2.61. The number of rotatable bonds is 3. The molecule has 2 N–H and O–H groups in total. The van der Waals surface area contributed by atoms with Gasteiger partial charge in [-0.1, -0.05) is 42.5 Å². The summed E-state index contributed by atoms with van der Waals surface area (Å²) in [6.45, 7) is 1.96. The number of hydrogen-bond acceptors (Lipinski definition) is 4. The molecule has 1 aromatic heterocycles. The van der Waals surface area contributed by atoms with Gasteiger partial charge in [0.1, 0.15) is 0 Å². The lowest BCUT2D eigenvalue weighted by Gasteiger charge is -2.14. The van der Waals surface area contributed by atoms with Gasteiger partial charge in [-0.25, -0.2) is 9.48 Å². The van der Waals surface area contributed by atoms with E-state index in [1.54, 1.807) is 12.1 Å². The normalized spacial score (nSPS) is 10.5. The second kappa shape index (κ2) is 6.00. The summed E-state index contributed by atoms with van der Waals surface area (Å²) in [5.74, 6) is -2.15. The van der Waals surface area contributed by atoms with Gasteiger partial charge in [0.25, 0.3) is 5.43 Å². The van der Waals surface area contributed by atoms with E-state index in [1.807, 2.05) is 43.3 Å². The minimum Gasteiger partial charge on any atom is -0.503 e. The van der Waals surface area contributed by atoms with Crippen LogP contribution in [0.2, 0.25) is 0 Å². The first-order valence-corrected chi connectivity index (χ1v) is 7.20. The third-order valence-electron chi connectivity index (χ3n) is 3.69. The molecule has 0 spiro atoms. The van der Waals surface area contributed by atoms with Crippen molar-refractivity contribution in [2.45, 2.75) is 6.92 Å². The number of aromatic nitrogens is 2. The first-order valence-electron chi connectivity index (χ1n) is 7.20. The molecule has 0 radical (unpaired) electrons. The second-order valence-electron chi connectivity index (χ2n) is 5.27. The fourth-order valence-electron chi connectivity index (χ4n) is 2.52. The number of para-hydroxylation sites is 1. The largest absolute Gasteiger partial charge is 0.503 e. The Morgan fingerprint density at radius 1 is 1.04 bits per heavy atom. The third kappa shape index (κ3) is 2.65. The quantitative estimate of drug-likeness (QED) is 0.773. The molecule has 0 saturated heterocycles. The zero-order valence-electron chi connectivity index (χ0n) is 12.8. The van der Waals surface area contributed by atoms with E-state index in [0.29, 0.717) is 5.69 Å². The van der Waals surface area contributed by atoms with Gasteiger partial charge in [-0.3, -0.25) is 4.79 Å². The molecule has 0 fully saturated rings. The van der Waals surface area contributed by atoms with E-state index < -0.39 is 22.8 Å². The highest BCUT2D eigenvalue weighted by molar-refractivity contribution is 5.85. The summed E-state index contributed by atoms with van der Waals surface area (Å²) in [4.78, 5) is 22.9. The predicted molar refractivity (Wildman–Crippen MR) is 88.6 cm³/mol. The van der Waals surface area contributed by atoms with Crippen molar-refractivity contribution in [3.63, 3.8) is 0 Å². The molecular weight excluding hydrogens is 308 g/mol. The average Bonchev–Trinajstić information content (AvgIpc) is 2.57. The maximum absolute atomic E-state index is 11.7. The van der Waals surface area contributed by atoms with Gasteiger partial charge in [-0.05, 0) is 24.1 Å². The Hall–Kier alpha value is -3.41. The van der Waals surface area contributed by atoms with Crippen LogP contribution in [0.3, 0.4) is 0 Å². The molecule has 1 heterocycles. The molecule has 2 aromatic carbocycles. The van der Waals surface area contributed by atoms with Crippen LogP contribution in [0.5, 0.6) is 5.75 Å². The first-order chi connectivity index (χ1) is 11.5. The van der Waals surface area contributed by atoms with Crippen LogP contribution in [0.15, 0.2) is 59.5 Å². The Morgan fingerprint density at radius 3 is 2.33 bits per heavy atom. The number of aryl methyl sites for hydroxylation is 1. The Bertz CT molecular complexity index is 992. The van der Waals surface area contributed by atoms with Crippen molar-refractivity contribution in [3.05, 3.63) is 76.2 Å². The number of carboxylic acids is 1. The van der Waals surface area contributed by atoms with Crippen molar-refractivity contribution < 1.29 is 15.0 Å². The van der Waals surface area contributed by atoms with Crippen LogP contribution in [0, 0.1) is 6.92 Å². The molecule has 0 unspecified atom stereocenters. The standard InChI is InChI=1S/C18H14N2O4/c1-11-6-2-3-7-12(11)13-8-4-5-9-14(13)20-10-15(21)17(22)16(19-20)18(23)24/h2-10,21H,1H3,(H,23,24). The van der Waals surface area contributed by atoms with E-state index in [1.165, 1.54) is 4.68 Å². The lowest BCUT2D eigenvalue weighted by Crippen LogP contribution is -2.21. The van der Waals surface area contributed by atoms with Gasteiger partial charge in [-0.15, -0.1) is 0 Å². The lowest BCUT2D eigenvalue weighted by atomic mass is 9.99. The molecule has 6 nitrogen and oxygen atoms in total. The third-order valence-corrected chi connectivity index (χ3v) is 3.69. The molecule has 0 saturated carbocycles. The Kier molecular flexibility index (Phi) is 3.87.